The fourth-order valence-corrected chi connectivity index (χ4v) is 5.06. The van der Waals surface area contributed by atoms with E-state index in [0.717, 1.165) is 22.6 Å². The van der Waals surface area contributed by atoms with Crippen LogP contribution in [0.25, 0.3) is 11.0 Å². The molecule has 0 saturated carbocycles. The van der Waals surface area contributed by atoms with E-state index in [-0.39, 0.29) is 18.4 Å². The fourth-order valence-electron chi connectivity index (χ4n) is 4.26. The van der Waals surface area contributed by atoms with Crippen molar-refractivity contribution in [2.75, 3.05) is 43.4 Å². The Morgan fingerprint density at radius 3 is 2.45 bits per heavy atom. The molecule has 2 amide bonds. The number of rotatable bonds is 7. The molecular formula is C26H25F2N7O2S. The minimum atomic E-state index is -2.38. The van der Waals surface area contributed by atoms with Crippen molar-refractivity contribution < 1.29 is 18.4 Å². The van der Waals surface area contributed by atoms with Crippen molar-refractivity contribution in [1.82, 2.24) is 24.1 Å². The maximum Gasteiger partial charge on any atom is 0.260 e. The van der Waals surface area contributed by atoms with Crippen molar-refractivity contribution in [2.45, 2.75) is 13.3 Å². The van der Waals surface area contributed by atoms with Crippen molar-refractivity contribution in [3.05, 3.63) is 71.5 Å². The molecule has 38 heavy (non-hydrogen) atoms. The summed E-state index contributed by atoms with van der Waals surface area (Å²) in [5.74, 6) is -0.0125. The van der Waals surface area contributed by atoms with Crippen molar-refractivity contribution >= 4 is 50.9 Å². The number of benzene rings is 2. The average Bonchev–Trinajstić information content (AvgIpc) is 3.28. The number of anilines is 3. The molecule has 1 saturated heterocycles. The highest BCUT2D eigenvalue weighted by molar-refractivity contribution is 7.10. The normalized spacial score (nSPS) is 14.2. The molecule has 9 nitrogen and oxygen atoms in total. The number of hydrogen-bond acceptors (Lipinski definition) is 8. The summed E-state index contributed by atoms with van der Waals surface area (Å²) in [4.78, 5) is 38.2. The number of nitrogens with zero attached hydrogens (tertiary/aromatic N) is 5. The van der Waals surface area contributed by atoms with Gasteiger partial charge < -0.3 is 15.5 Å². The van der Waals surface area contributed by atoms with Crippen LogP contribution in [0.1, 0.15) is 26.4 Å². The highest BCUT2D eigenvalue weighted by Gasteiger charge is 2.24. The number of hydrogen-bond donors (Lipinski definition) is 2. The number of halogens is 2. The summed E-state index contributed by atoms with van der Waals surface area (Å²) in [5.41, 5.74) is 3.46. The Morgan fingerprint density at radius 1 is 1.03 bits per heavy atom. The first-order chi connectivity index (χ1) is 18.4. The Balaban J connectivity index is 1.23. The molecule has 12 heteroatoms. The first kappa shape index (κ1) is 25.6. The summed E-state index contributed by atoms with van der Waals surface area (Å²) >= 11 is 1.16. The zero-order chi connectivity index (χ0) is 26.6. The molecule has 0 atom stereocenters. The lowest BCUT2D eigenvalue weighted by Crippen LogP contribution is -2.49. The molecule has 0 unspecified atom stereocenters. The maximum absolute atomic E-state index is 13.1. The maximum atomic E-state index is 13.1. The predicted octanol–water partition coefficient (Wildman–Crippen LogP) is 4.41. The molecule has 5 rings (SSSR count). The second kappa shape index (κ2) is 11.2. The highest BCUT2D eigenvalue weighted by Crippen LogP contribution is 2.29. The monoisotopic (exact) mass is 537 g/mol. The predicted molar refractivity (Wildman–Crippen MR) is 142 cm³/mol. The summed E-state index contributed by atoms with van der Waals surface area (Å²) in [7, 11) is 0. The van der Waals surface area contributed by atoms with E-state index in [1.165, 1.54) is 0 Å². The van der Waals surface area contributed by atoms with Gasteiger partial charge in [0, 0.05) is 37.4 Å². The molecule has 0 radical (unpaired) electrons. The molecule has 196 valence electrons. The van der Waals surface area contributed by atoms with Gasteiger partial charge in [-0.25, -0.2) is 13.8 Å². The summed E-state index contributed by atoms with van der Waals surface area (Å²) in [6.07, 6.45) is -0.777. The smallest absolute Gasteiger partial charge is 0.260 e. The van der Waals surface area contributed by atoms with Gasteiger partial charge in [-0.3, -0.25) is 19.5 Å². The van der Waals surface area contributed by atoms with Gasteiger partial charge in [0.25, 0.3) is 18.2 Å². The summed E-state index contributed by atoms with van der Waals surface area (Å²) in [5, 5.41) is 6.56. The van der Waals surface area contributed by atoms with E-state index in [4.69, 9.17) is 0 Å². The molecule has 1 aliphatic rings. The Labute approximate surface area is 221 Å². The number of carbonyl (C=O) groups excluding carboxylic acids is 2. The number of nitrogens with one attached hydrogen (secondary N) is 2. The molecule has 2 aromatic heterocycles. The van der Waals surface area contributed by atoms with Crippen molar-refractivity contribution in [3.8, 4) is 0 Å². The molecule has 1 fully saturated rings. The second-order valence-electron chi connectivity index (χ2n) is 8.86. The third kappa shape index (κ3) is 5.76. The molecular weight excluding hydrogens is 512 g/mol. The van der Waals surface area contributed by atoms with Gasteiger partial charge in [0.1, 0.15) is 10.8 Å². The van der Waals surface area contributed by atoms with Crippen LogP contribution in [0.2, 0.25) is 0 Å². The van der Waals surface area contributed by atoms with E-state index >= 15 is 0 Å². The molecule has 0 aliphatic carbocycles. The number of piperazine rings is 1. The van der Waals surface area contributed by atoms with Gasteiger partial charge in [-0.2, -0.15) is 4.37 Å². The minimum absolute atomic E-state index is 0.166. The Bertz CT molecular complexity index is 1450. The molecule has 0 spiro atoms. The highest BCUT2D eigenvalue weighted by atomic mass is 32.1. The van der Waals surface area contributed by atoms with Gasteiger partial charge >= 0.3 is 0 Å². The molecule has 1 aliphatic heterocycles. The molecule has 2 aromatic carbocycles. The third-order valence-electron chi connectivity index (χ3n) is 6.23. The van der Waals surface area contributed by atoms with Gasteiger partial charge in [0.2, 0.25) is 0 Å². The van der Waals surface area contributed by atoms with Gasteiger partial charge in [0.15, 0.2) is 0 Å². The summed E-state index contributed by atoms with van der Waals surface area (Å²) in [6, 6.07) is 14.1. The standard InChI is InChI=1S/C26H25F2N7O2S/c1-16-23(25(38-33-16)32-22-14-29-19-4-2-3-5-20(19)31-22)24(36)30-18-8-6-17(7-9-18)26(37)35-12-10-34(11-13-35)15-21(27)28/h2-9,14,21H,10-13,15H2,1H3,(H,30,36)(H,31,32). The van der Waals surface area contributed by atoms with Gasteiger partial charge in [0.05, 0.1) is 35.0 Å². The van der Waals surface area contributed by atoms with Crippen LogP contribution in [0.15, 0.2) is 54.7 Å². The first-order valence-corrected chi connectivity index (χ1v) is 12.8. The van der Waals surface area contributed by atoms with Crippen LogP contribution in [0, 0.1) is 6.92 Å². The average molecular weight is 538 g/mol. The van der Waals surface area contributed by atoms with Crippen LogP contribution in [0.5, 0.6) is 0 Å². The summed E-state index contributed by atoms with van der Waals surface area (Å²) in [6.45, 7) is 3.10. The van der Waals surface area contributed by atoms with Crippen molar-refractivity contribution in [2.24, 2.45) is 0 Å². The van der Waals surface area contributed by atoms with Crippen LogP contribution in [-0.4, -0.2) is 75.1 Å². The lowest BCUT2D eigenvalue weighted by atomic mass is 10.1. The molecule has 4 aromatic rings. The van der Waals surface area contributed by atoms with E-state index < -0.39 is 6.43 Å². The van der Waals surface area contributed by atoms with Crippen LogP contribution >= 0.6 is 11.5 Å². The van der Waals surface area contributed by atoms with E-state index in [1.807, 2.05) is 24.3 Å². The van der Waals surface area contributed by atoms with Crippen LogP contribution in [0.3, 0.4) is 0 Å². The Morgan fingerprint density at radius 2 is 1.74 bits per heavy atom. The number of carbonyl (C=O) groups is 2. The zero-order valence-corrected chi connectivity index (χ0v) is 21.3. The van der Waals surface area contributed by atoms with Crippen LogP contribution < -0.4 is 10.6 Å². The number of amides is 2. The van der Waals surface area contributed by atoms with Crippen molar-refractivity contribution in [3.63, 3.8) is 0 Å². The number of aryl methyl sites for hydroxylation is 1. The first-order valence-electron chi connectivity index (χ1n) is 12.0. The second-order valence-corrected chi connectivity index (χ2v) is 9.63. The van der Waals surface area contributed by atoms with Gasteiger partial charge in [-0.15, -0.1) is 0 Å². The van der Waals surface area contributed by atoms with Gasteiger partial charge in [-0.05, 0) is 54.9 Å². The molecule has 3 heterocycles. The fraction of sp³-hybridized carbons (Fsp3) is 0.269. The quantitative estimate of drug-likeness (QED) is 0.360. The summed E-state index contributed by atoms with van der Waals surface area (Å²) < 4.78 is 29.5. The largest absolute Gasteiger partial charge is 0.336 e. The molecule has 2 N–H and O–H groups in total. The Kier molecular flexibility index (Phi) is 7.52. The number of alkyl halides is 2. The van der Waals surface area contributed by atoms with E-state index in [9.17, 15) is 18.4 Å². The number of fused-ring (bicyclic) bond motifs is 1. The SMILES string of the molecule is Cc1nsc(Nc2cnc3ccccc3n2)c1C(=O)Nc1ccc(C(=O)N2CCN(CC(F)F)CC2)cc1. The number of para-hydroxylation sites is 2. The van der Waals surface area contributed by atoms with Crippen molar-refractivity contribution in [1.29, 1.82) is 0 Å². The third-order valence-corrected chi connectivity index (χ3v) is 7.08. The number of aromatic nitrogens is 3. The Hall–Kier alpha value is -4.03. The zero-order valence-electron chi connectivity index (χ0n) is 20.5. The lowest BCUT2D eigenvalue weighted by molar-refractivity contribution is 0.0459. The molecule has 0 bridgehead atoms. The minimum Gasteiger partial charge on any atom is -0.336 e. The van der Waals surface area contributed by atoms with E-state index in [1.54, 1.807) is 47.2 Å². The lowest BCUT2D eigenvalue weighted by Gasteiger charge is -2.34. The van der Waals surface area contributed by atoms with Gasteiger partial charge in [-0.1, -0.05) is 12.1 Å². The van der Waals surface area contributed by atoms with E-state index in [2.05, 4.69) is 25.0 Å². The topological polar surface area (TPSA) is 103 Å². The van der Waals surface area contributed by atoms with Crippen LogP contribution in [-0.2, 0) is 0 Å². The van der Waals surface area contributed by atoms with E-state index in [0.29, 0.717) is 59.5 Å². The van der Waals surface area contributed by atoms with Crippen LogP contribution in [0.4, 0.5) is 25.3 Å².